The molecule has 0 heterocycles. The Balaban J connectivity index is 1.97. The molecule has 1 aliphatic carbocycles. The fraction of sp³-hybridized carbons (Fsp3) is 0.467. The molecule has 0 atom stereocenters. The second kappa shape index (κ2) is 5.94. The van der Waals surface area contributed by atoms with Crippen molar-refractivity contribution >= 4 is 17.7 Å². The zero-order valence-electron chi connectivity index (χ0n) is 11.6. The molecule has 1 aromatic carbocycles. The molecule has 1 saturated carbocycles. The summed E-state index contributed by atoms with van der Waals surface area (Å²) in [4.78, 5) is 22.6. The molecule has 0 bridgehead atoms. The number of carboxylic acids is 1. The van der Waals surface area contributed by atoms with E-state index in [0.29, 0.717) is 12.1 Å². The van der Waals surface area contributed by atoms with E-state index in [1.165, 1.54) is 0 Å². The molecule has 1 aliphatic rings. The van der Waals surface area contributed by atoms with E-state index >= 15 is 0 Å². The minimum absolute atomic E-state index is 0.0536. The molecule has 5 nitrogen and oxygen atoms in total. The Hall–Kier alpha value is -2.04. The Kier molecular flexibility index (Phi) is 4.27. The van der Waals surface area contributed by atoms with Crippen molar-refractivity contribution in [2.75, 3.05) is 5.32 Å². The Morgan fingerprint density at radius 1 is 1.30 bits per heavy atom. The molecule has 0 radical (unpaired) electrons. The minimum atomic E-state index is -0.841. The van der Waals surface area contributed by atoms with Gasteiger partial charge < -0.3 is 15.7 Å². The van der Waals surface area contributed by atoms with Crippen LogP contribution in [0, 0.1) is 0 Å². The largest absolute Gasteiger partial charge is 0.481 e. The van der Waals surface area contributed by atoms with E-state index in [2.05, 4.69) is 10.6 Å². The average Bonchev–Trinajstić information content (AvgIpc) is 2.35. The molecule has 0 spiro atoms. The third kappa shape index (κ3) is 3.73. The molecule has 1 fully saturated rings. The van der Waals surface area contributed by atoms with Crippen LogP contribution in [-0.4, -0.2) is 22.6 Å². The average molecular weight is 276 g/mol. The van der Waals surface area contributed by atoms with Gasteiger partial charge in [0.05, 0.1) is 0 Å². The van der Waals surface area contributed by atoms with Crippen molar-refractivity contribution in [1.82, 2.24) is 5.32 Å². The van der Waals surface area contributed by atoms with E-state index in [1.54, 1.807) is 6.07 Å². The number of aliphatic carboxylic acids is 1. The number of aryl methyl sites for hydroxylation is 1. The monoisotopic (exact) mass is 276 g/mol. The van der Waals surface area contributed by atoms with Crippen molar-refractivity contribution in [2.24, 2.45) is 0 Å². The third-order valence-electron chi connectivity index (χ3n) is 3.75. The van der Waals surface area contributed by atoms with Crippen LogP contribution in [-0.2, 0) is 11.2 Å². The first-order valence-electron chi connectivity index (χ1n) is 6.87. The topological polar surface area (TPSA) is 78.4 Å². The maximum Gasteiger partial charge on any atom is 0.319 e. The van der Waals surface area contributed by atoms with Crippen LogP contribution in [0.4, 0.5) is 10.5 Å². The van der Waals surface area contributed by atoms with Crippen LogP contribution >= 0.6 is 0 Å². The van der Waals surface area contributed by atoms with Crippen molar-refractivity contribution in [2.45, 2.75) is 44.6 Å². The van der Waals surface area contributed by atoms with Crippen molar-refractivity contribution in [3.63, 3.8) is 0 Å². The third-order valence-corrected chi connectivity index (χ3v) is 3.75. The number of urea groups is 1. The number of carbonyl (C=O) groups is 2. The lowest BCUT2D eigenvalue weighted by molar-refractivity contribution is -0.136. The lowest BCUT2D eigenvalue weighted by Gasteiger charge is -2.39. The van der Waals surface area contributed by atoms with Crippen LogP contribution in [0.25, 0.3) is 0 Å². The summed E-state index contributed by atoms with van der Waals surface area (Å²) >= 11 is 0. The number of anilines is 1. The molecule has 108 valence electrons. The predicted octanol–water partition coefficient (Wildman–Crippen LogP) is 2.77. The molecular weight excluding hydrogens is 256 g/mol. The SMILES string of the molecule is CC1(NC(=O)Nc2ccccc2CCC(=O)O)CCC1. The highest BCUT2D eigenvalue weighted by Crippen LogP contribution is 2.31. The summed E-state index contributed by atoms with van der Waals surface area (Å²) < 4.78 is 0. The number of hydrogen-bond acceptors (Lipinski definition) is 2. The Morgan fingerprint density at radius 2 is 2.00 bits per heavy atom. The van der Waals surface area contributed by atoms with Gasteiger partial charge in [-0.15, -0.1) is 0 Å². The second-order valence-corrected chi connectivity index (χ2v) is 5.54. The van der Waals surface area contributed by atoms with Gasteiger partial charge in [0.15, 0.2) is 0 Å². The molecule has 3 N–H and O–H groups in total. The van der Waals surface area contributed by atoms with Gasteiger partial charge in [-0.2, -0.15) is 0 Å². The highest BCUT2D eigenvalue weighted by Gasteiger charge is 2.33. The number of rotatable bonds is 5. The quantitative estimate of drug-likeness (QED) is 0.773. The number of nitrogens with one attached hydrogen (secondary N) is 2. The van der Waals surface area contributed by atoms with Crippen molar-refractivity contribution in [3.8, 4) is 0 Å². The van der Waals surface area contributed by atoms with Crippen LogP contribution < -0.4 is 10.6 Å². The maximum atomic E-state index is 12.0. The number of carboxylic acid groups (broad SMARTS) is 1. The number of amides is 2. The Labute approximate surface area is 118 Å². The van der Waals surface area contributed by atoms with Gasteiger partial charge in [0.1, 0.15) is 0 Å². The normalized spacial score (nSPS) is 16.1. The van der Waals surface area contributed by atoms with Crippen LogP contribution in [0.1, 0.15) is 38.2 Å². The maximum absolute atomic E-state index is 12.0. The number of carbonyl (C=O) groups excluding carboxylic acids is 1. The zero-order valence-corrected chi connectivity index (χ0v) is 11.6. The molecular formula is C15H20N2O3. The summed E-state index contributed by atoms with van der Waals surface area (Å²) in [6.45, 7) is 2.03. The van der Waals surface area contributed by atoms with Gasteiger partial charge in [-0.3, -0.25) is 4.79 Å². The lowest BCUT2D eigenvalue weighted by atomic mass is 9.79. The van der Waals surface area contributed by atoms with Crippen LogP contribution in [0.15, 0.2) is 24.3 Å². The summed E-state index contributed by atoms with van der Waals surface area (Å²) in [5, 5.41) is 14.5. The number of hydrogen-bond donors (Lipinski definition) is 3. The molecule has 0 unspecified atom stereocenters. The van der Waals surface area contributed by atoms with Crippen molar-refractivity contribution in [3.05, 3.63) is 29.8 Å². The molecule has 2 rings (SSSR count). The van der Waals surface area contributed by atoms with E-state index < -0.39 is 5.97 Å². The van der Waals surface area contributed by atoms with Gasteiger partial charge in [0, 0.05) is 17.6 Å². The molecule has 0 aliphatic heterocycles. The summed E-state index contributed by atoms with van der Waals surface area (Å²) in [5.74, 6) is -0.841. The van der Waals surface area contributed by atoms with Gasteiger partial charge in [-0.25, -0.2) is 4.79 Å². The Morgan fingerprint density at radius 3 is 2.60 bits per heavy atom. The molecule has 20 heavy (non-hydrogen) atoms. The standard InChI is InChI=1S/C15H20N2O3/c1-15(9-4-10-15)17-14(20)16-12-6-3-2-5-11(12)7-8-13(18)19/h2-3,5-6H,4,7-10H2,1H3,(H,18,19)(H2,16,17,20). The fourth-order valence-electron chi connectivity index (χ4n) is 2.36. The van der Waals surface area contributed by atoms with Gasteiger partial charge in [0.2, 0.25) is 0 Å². The van der Waals surface area contributed by atoms with E-state index in [-0.39, 0.29) is 18.0 Å². The van der Waals surface area contributed by atoms with E-state index in [9.17, 15) is 9.59 Å². The van der Waals surface area contributed by atoms with E-state index in [0.717, 1.165) is 24.8 Å². The smallest absolute Gasteiger partial charge is 0.319 e. The van der Waals surface area contributed by atoms with Crippen LogP contribution in [0.2, 0.25) is 0 Å². The minimum Gasteiger partial charge on any atom is -0.481 e. The van der Waals surface area contributed by atoms with Crippen LogP contribution in [0.5, 0.6) is 0 Å². The van der Waals surface area contributed by atoms with Crippen molar-refractivity contribution < 1.29 is 14.7 Å². The van der Waals surface area contributed by atoms with Crippen LogP contribution in [0.3, 0.4) is 0 Å². The highest BCUT2D eigenvalue weighted by atomic mass is 16.4. The summed E-state index contributed by atoms with van der Waals surface area (Å²) in [7, 11) is 0. The highest BCUT2D eigenvalue weighted by molar-refractivity contribution is 5.90. The summed E-state index contributed by atoms with van der Waals surface area (Å²) in [6, 6.07) is 7.07. The fourth-order valence-corrected chi connectivity index (χ4v) is 2.36. The van der Waals surface area contributed by atoms with Gasteiger partial charge >= 0.3 is 12.0 Å². The summed E-state index contributed by atoms with van der Waals surface area (Å²) in [5.41, 5.74) is 1.41. The van der Waals surface area contributed by atoms with E-state index in [1.807, 2.05) is 25.1 Å². The van der Waals surface area contributed by atoms with Gasteiger partial charge in [-0.1, -0.05) is 18.2 Å². The first-order chi connectivity index (χ1) is 9.48. The molecule has 0 saturated heterocycles. The molecule has 0 aromatic heterocycles. The second-order valence-electron chi connectivity index (χ2n) is 5.54. The van der Waals surface area contributed by atoms with Gasteiger partial charge in [-0.05, 0) is 44.2 Å². The van der Waals surface area contributed by atoms with E-state index in [4.69, 9.17) is 5.11 Å². The first kappa shape index (κ1) is 14.4. The Bertz CT molecular complexity index is 510. The number of para-hydroxylation sites is 1. The molecule has 2 amide bonds. The van der Waals surface area contributed by atoms with Gasteiger partial charge in [0.25, 0.3) is 0 Å². The van der Waals surface area contributed by atoms with Crippen molar-refractivity contribution in [1.29, 1.82) is 0 Å². The summed E-state index contributed by atoms with van der Waals surface area (Å²) in [6.07, 6.45) is 3.61. The molecule has 1 aromatic rings. The first-order valence-corrected chi connectivity index (χ1v) is 6.87. The zero-order chi connectivity index (χ0) is 14.6. The molecule has 5 heteroatoms. The lowest BCUT2D eigenvalue weighted by Crippen LogP contribution is -2.52. The number of benzene rings is 1. The predicted molar refractivity (Wildman–Crippen MR) is 76.8 cm³/mol.